The lowest BCUT2D eigenvalue weighted by Gasteiger charge is -2.19. The summed E-state index contributed by atoms with van der Waals surface area (Å²) in [6.45, 7) is 5.14. The second-order valence-corrected chi connectivity index (χ2v) is 6.53. The van der Waals surface area contributed by atoms with E-state index in [0.717, 1.165) is 61.5 Å². The van der Waals surface area contributed by atoms with Gasteiger partial charge in [0.1, 0.15) is 5.82 Å². The molecule has 0 unspecified atom stereocenters. The monoisotopic (exact) mass is 308 g/mol. The van der Waals surface area contributed by atoms with Crippen molar-refractivity contribution in [1.29, 1.82) is 0 Å². The molecular weight excluding hydrogens is 287 g/mol. The molecular formula is C16H21FN2OS. The summed E-state index contributed by atoms with van der Waals surface area (Å²) in [7, 11) is 1.93. The van der Waals surface area contributed by atoms with Gasteiger partial charge >= 0.3 is 0 Å². The van der Waals surface area contributed by atoms with Crippen LogP contribution in [0.1, 0.15) is 16.9 Å². The minimum atomic E-state index is -0.104. The maximum absolute atomic E-state index is 14.3. The van der Waals surface area contributed by atoms with Gasteiger partial charge in [-0.2, -0.15) is 0 Å². The van der Waals surface area contributed by atoms with Crippen LogP contribution >= 0.6 is 11.3 Å². The van der Waals surface area contributed by atoms with E-state index in [1.165, 1.54) is 4.88 Å². The highest BCUT2D eigenvalue weighted by Crippen LogP contribution is 2.34. The summed E-state index contributed by atoms with van der Waals surface area (Å²) in [6, 6.07) is 5.37. The Labute approximate surface area is 128 Å². The molecule has 1 N–H and O–H groups in total. The summed E-state index contributed by atoms with van der Waals surface area (Å²) in [5.41, 5.74) is 1.14. The second-order valence-electron chi connectivity index (χ2n) is 5.39. The van der Waals surface area contributed by atoms with Crippen molar-refractivity contribution in [3.8, 4) is 0 Å². The zero-order valence-corrected chi connectivity index (χ0v) is 13.1. The van der Waals surface area contributed by atoms with Crippen LogP contribution in [0.5, 0.6) is 0 Å². The molecule has 1 aromatic carbocycles. The highest BCUT2D eigenvalue weighted by Gasteiger charge is 2.18. The van der Waals surface area contributed by atoms with Gasteiger partial charge in [0.15, 0.2) is 0 Å². The van der Waals surface area contributed by atoms with Crippen LogP contribution in [-0.2, 0) is 17.8 Å². The smallest absolute Gasteiger partial charge is 0.132 e. The van der Waals surface area contributed by atoms with Gasteiger partial charge in [0, 0.05) is 47.7 Å². The Kier molecular flexibility index (Phi) is 4.85. The first-order valence-electron chi connectivity index (χ1n) is 7.43. The third-order valence-electron chi connectivity index (χ3n) is 3.88. The van der Waals surface area contributed by atoms with Crippen molar-refractivity contribution >= 4 is 21.4 Å². The molecule has 0 atom stereocenters. The fourth-order valence-electron chi connectivity index (χ4n) is 2.87. The van der Waals surface area contributed by atoms with Crippen LogP contribution in [0.15, 0.2) is 18.2 Å². The number of nitrogens with one attached hydrogen (secondary N) is 1. The molecule has 3 nitrogen and oxygen atoms in total. The van der Waals surface area contributed by atoms with Gasteiger partial charge in [-0.1, -0.05) is 6.07 Å². The van der Waals surface area contributed by atoms with Crippen LogP contribution in [-0.4, -0.2) is 38.3 Å². The standard InChI is InChI=1S/C16H21FN2OS/c1-18-10-15-12(11-19-6-3-8-20-9-7-19)16-13(17)4-2-5-14(16)21-15/h2,4-5,18H,3,6-11H2,1H3. The van der Waals surface area contributed by atoms with Crippen LogP contribution in [0, 0.1) is 5.82 Å². The van der Waals surface area contributed by atoms with E-state index in [-0.39, 0.29) is 5.82 Å². The van der Waals surface area contributed by atoms with E-state index >= 15 is 0 Å². The topological polar surface area (TPSA) is 24.5 Å². The molecule has 2 heterocycles. The zero-order valence-electron chi connectivity index (χ0n) is 12.3. The number of hydrogen-bond donors (Lipinski definition) is 1. The SMILES string of the molecule is CNCc1sc2cccc(F)c2c1CN1CCCOCC1. The third-order valence-corrected chi connectivity index (χ3v) is 5.08. The maximum Gasteiger partial charge on any atom is 0.132 e. The number of benzene rings is 1. The molecule has 114 valence electrons. The third kappa shape index (κ3) is 3.26. The van der Waals surface area contributed by atoms with E-state index in [2.05, 4.69) is 10.2 Å². The van der Waals surface area contributed by atoms with Crippen molar-refractivity contribution in [2.45, 2.75) is 19.5 Å². The van der Waals surface area contributed by atoms with Crippen molar-refractivity contribution in [3.63, 3.8) is 0 Å². The molecule has 5 heteroatoms. The largest absolute Gasteiger partial charge is 0.380 e. The van der Waals surface area contributed by atoms with Crippen molar-refractivity contribution in [2.75, 3.05) is 33.4 Å². The molecule has 21 heavy (non-hydrogen) atoms. The summed E-state index contributed by atoms with van der Waals surface area (Å²) >= 11 is 1.70. The van der Waals surface area contributed by atoms with Gasteiger partial charge in [-0.15, -0.1) is 11.3 Å². The molecule has 1 aliphatic heterocycles. The van der Waals surface area contributed by atoms with E-state index in [1.54, 1.807) is 23.5 Å². The predicted molar refractivity (Wildman–Crippen MR) is 85.3 cm³/mol. The minimum absolute atomic E-state index is 0.104. The Balaban J connectivity index is 1.96. The second kappa shape index (κ2) is 6.83. The lowest BCUT2D eigenvalue weighted by atomic mass is 10.1. The number of halogens is 1. The molecule has 0 amide bonds. The predicted octanol–water partition coefficient (Wildman–Crippen LogP) is 2.98. The van der Waals surface area contributed by atoms with Gasteiger partial charge in [-0.3, -0.25) is 4.90 Å². The Bertz CT molecular complexity index is 606. The first-order chi connectivity index (χ1) is 10.3. The van der Waals surface area contributed by atoms with E-state index in [0.29, 0.717) is 0 Å². The van der Waals surface area contributed by atoms with Crippen molar-refractivity contribution in [1.82, 2.24) is 10.2 Å². The van der Waals surface area contributed by atoms with E-state index < -0.39 is 0 Å². The molecule has 1 saturated heterocycles. The van der Waals surface area contributed by atoms with Gasteiger partial charge < -0.3 is 10.1 Å². The van der Waals surface area contributed by atoms with Gasteiger partial charge in [-0.25, -0.2) is 4.39 Å². The number of rotatable bonds is 4. The van der Waals surface area contributed by atoms with Gasteiger partial charge in [0.05, 0.1) is 6.61 Å². The number of nitrogens with zero attached hydrogens (tertiary/aromatic N) is 1. The molecule has 1 aromatic heterocycles. The number of ether oxygens (including phenoxy) is 1. The molecule has 1 aliphatic rings. The van der Waals surface area contributed by atoms with Crippen molar-refractivity contribution < 1.29 is 9.13 Å². The van der Waals surface area contributed by atoms with Crippen molar-refractivity contribution in [2.24, 2.45) is 0 Å². The van der Waals surface area contributed by atoms with Gasteiger partial charge in [0.25, 0.3) is 0 Å². The molecule has 0 bridgehead atoms. The van der Waals surface area contributed by atoms with Crippen LogP contribution in [0.4, 0.5) is 4.39 Å². The summed E-state index contributed by atoms with van der Waals surface area (Å²) in [6.07, 6.45) is 1.05. The molecule has 3 rings (SSSR count). The molecule has 0 saturated carbocycles. The molecule has 1 fully saturated rings. The highest BCUT2D eigenvalue weighted by molar-refractivity contribution is 7.19. The van der Waals surface area contributed by atoms with E-state index in [4.69, 9.17) is 4.74 Å². The Morgan fingerprint density at radius 2 is 2.24 bits per heavy atom. The van der Waals surface area contributed by atoms with Crippen molar-refractivity contribution in [3.05, 3.63) is 34.5 Å². The van der Waals surface area contributed by atoms with Crippen LogP contribution in [0.3, 0.4) is 0 Å². The Morgan fingerprint density at radius 1 is 1.33 bits per heavy atom. The molecule has 0 aliphatic carbocycles. The van der Waals surface area contributed by atoms with Gasteiger partial charge in [-0.05, 0) is 31.2 Å². The molecule has 0 radical (unpaired) electrons. The van der Waals surface area contributed by atoms with E-state index in [9.17, 15) is 4.39 Å². The Hall–Kier alpha value is -1.01. The fourth-order valence-corrected chi connectivity index (χ4v) is 4.11. The average molecular weight is 308 g/mol. The average Bonchev–Trinajstić information content (AvgIpc) is 2.65. The minimum Gasteiger partial charge on any atom is -0.380 e. The summed E-state index contributed by atoms with van der Waals surface area (Å²) in [4.78, 5) is 3.61. The van der Waals surface area contributed by atoms with Gasteiger partial charge in [0.2, 0.25) is 0 Å². The summed E-state index contributed by atoms with van der Waals surface area (Å²) in [5.74, 6) is -0.104. The van der Waals surface area contributed by atoms with E-state index in [1.807, 2.05) is 13.1 Å². The lowest BCUT2D eigenvalue weighted by molar-refractivity contribution is 0.140. The number of thiophene rings is 1. The number of fused-ring (bicyclic) bond motifs is 1. The van der Waals surface area contributed by atoms with Crippen LogP contribution in [0.2, 0.25) is 0 Å². The first-order valence-corrected chi connectivity index (χ1v) is 8.24. The molecule has 0 spiro atoms. The summed E-state index contributed by atoms with van der Waals surface area (Å²) in [5, 5.41) is 4.00. The van der Waals surface area contributed by atoms with Crippen LogP contribution in [0.25, 0.3) is 10.1 Å². The highest BCUT2D eigenvalue weighted by atomic mass is 32.1. The summed E-state index contributed by atoms with van der Waals surface area (Å²) < 4.78 is 20.8. The van der Waals surface area contributed by atoms with Crippen LogP contribution < -0.4 is 5.32 Å². The molecule has 2 aromatic rings. The quantitative estimate of drug-likeness (QED) is 0.940. The fraction of sp³-hybridized carbons (Fsp3) is 0.500. The lowest BCUT2D eigenvalue weighted by Crippen LogP contribution is -2.26. The number of hydrogen-bond acceptors (Lipinski definition) is 4. The Morgan fingerprint density at radius 3 is 3.10 bits per heavy atom. The first kappa shape index (κ1) is 14.9. The zero-order chi connectivity index (χ0) is 14.7. The normalized spacial score (nSPS) is 17.2. The maximum atomic E-state index is 14.3.